The minimum Gasteiger partial charge on any atom is -0.326 e. The van der Waals surface area contributed by atoms with Gasteiger partial charge in [-0.1, -0.05) is 35.9 Å². The first-order chi connectivity index (χ1) is 10.1. The van der Waals surface area contributed by atoms with Crippen LogP contribution in [-0.2, 0) is 6.54 Å². The fourth-order valence-corrected chi connectivity index (χ4v) is 2.80. The number of rotatable bonds is 2. The summed E-state index contributed by atoms with van der Waals surface area (Å²) in [5.41, 5.74) is 3.24. The summed E-state index contributed by atoms with van der Waals surface area (Å²) in [7, 11) is 0. The van der Waals surface area contributed by atoms with Crippen molar-refractivity contribution in [2.75, 3.05) is 0 Å². The Morgan fingerprint density at radius 2 is 2.05 bits per heavy atom. The second-order valence-corrected chi connectivity index (χ2v) is 5.37. The van der Waals surface area contributed by atoms with Crippen LogP contribution < -0.4 is 0 Å². The molecule has 0 spiro atoms. The van der Waals surface area contributed by atoms with E-state index in [0.29, 0.717) is 17.3 Å². The molecular weight excluding hydrogens is 287 g/mol. The highest BCUT2D eigenvalue weighted by Gasteiger charge is 2.15. The average Bonchev–Trinajstić information content (AvgIpc) is 2.71. The topological polar surface area (TPSA) is 28.7 Å². The quantitative estimate of drug-likeness (QED) is 0.676. The van der Waals surface area contributed by atoms with Crippen molar-refractivity contribution < 1.29 is 4.39 Å². The molecule has 0 aliphatic carbocycles. The molecule has 4 heteroatoms. The Kier molecular flexibility index (Phi) is 3.40. The molecule has 1 heterocycles. The van der Waals surface area contributed by atoms with Crippen molar-refractivity contribution in [3.63, 3.8) is 0 Å². The van der Waals surface area contributed by atoms with Crippen LogP contribution in [-0.4, -0.2) is 4.57 Å². The summed E-state index contributed by atoms with van der Waals surface area (Å²) >= 11 is 6.34. The van der Waals surface area contributed by atoms with E-state index in [4.69, 9.17) is 11.6 Å². The largest absolute Gasteiger partial charge is 0.326 e. The van der Waals surface area contributed by atoms with Crippen LogP contribution in [0.2, 0.25) is 5.15 Å². The molecule has 0 saturated heterocycles. The van der Waals surface area contributed by atoms with Gasteiger partial charge in [-0.25, -0.2) is 4.39 Å². The Labute approximate surface area is 127 Å². The lowest BCUT2D eigenvalue weighted by Gasteiger charge is -2.08. The molecule has 21 heavy (non-hydrogen) atoms. The predicted molar refractivity (Wildman–Crippen MR) is 81.9 cm³/mol. The molecule has 2 nitrogen and oxygen atoms in total. The summed E-state index contributed by atoms with van der Waals surface area (Å²) in [6, 6.07) is 14.4. The predicted octanol–water partition coefficient (Wildman–Crippen LogP) is 4.66. The average molecular weight is 299 g/mol. The number of fused-ring (bicyclic) bond motifs is 1. The third-order valence-electron chi connectivity index (χ3n) is 3.50. The fourth-order valence-electron chi connectivity index (χ4n) is 2.51. The lowest BCUT2D eigenvalue weighted by Crippen LogP contribution is -2.00. The van der Waals surface area contributed by atoms with Crippen LogP contribution in [0.1, 0.15) is 16.7 Å². The van der Waals surface area contributed by atoms with Gasteiger partial charge >= 0.3 is 0 Å². The van der Waals surface area contributed by atoms with E-state index in [0.717, 1.165) is 22.0 Å². The third-order valence-corrected chi connectivity index (χ3v) is 3.89. The van der Waals surface area contributed by atoms with Crippen molar-refractivity contribution in [2.24, 2.45) is 0 Å². The molecule has 2 aromatic carbocycles. The standard InChI is InChI=1S/C17H12ClFN2/c1-11-5-6-14-15(9-20)17(18)21(16(14)7-11)10-12-3-2-4-13(19)8-12/h2-8H,10H2,1H3. The summed E-state index contributed by atoms with van der Waals surface area (Å²) in [5.74, 6) is -0.281. The van der Waals surface area contributed by atoms with Gasteiger partial charge in [-0.2, -0.15) is 5.26 Å². The van der Waals surface area contributed by atoms with Gasteiger partial charge in [-0.3, -0.25) is 0 Å². The van der Waals surface area contributed by atoms with E-state index in [9.17, 15) is 9.65 Å². The first-order valence-electron chi connectivity index (χ1n) is 6.53. The Bertz CT molecular complexity index is 874. The van der Waals surface area contributed by atoms with E-state index in [2.05, 4.69) is 6.07 Å². The molecule has 0 fully saturated rings. The number of aromatic nitrogens is 1. The smallest absolute Gasteiger partial charge is 0.128 e. The van der Waals surface area contributed by atoms with Gasteiger partial charge in [0.1, 0.15) is 17.0 Å². The second-order valence-electron chi connectivity index (χ2n) is 5.01. The van der Waals surface area contributed by atoms with Crippen LogP contribution in [0.15, 0.2) is 42.5 Å². The van der Waals surface area contributed by atoms with Crippen LogP contribution in [0, 0.1) is 24.1 Å². The highest BCUT2D eigenvalue weighted by atomic mass is 35.5. The van der Waals surface area contributed by atoms with E-state index >= 15 is 0 Å². The Morgan fingerprint density at radius 1 is 1.24 bits per heavy atom. The molecule has 0 bridgehead atoms. The molecular formula is C17H12ClFN2. The fraction of sp³-hybridized carbons (Fsp3) is 0.118. The highest BCUT2D eigenvalue weighted by molar-refractivity contribution is 6.32. The van der Waals surface area contributed by atoms with E-state index in [1.165, 1.54) is 12.1 Å². The summed E-state index contributed by atoms with van der Waals surface area (Å²) in [6.45, 7) is 2.41. The molecule has 1 aromatic heterocycles. The molecule has 0 unspecified atom stereocenters. The highest BCUT2D eigenvalue weighted by Crippen LogP contribution is 2.31. The SMILES string of the molecule is Cc1ccc2c(C#N)c(Cl)n(Cc3cccc(F)c3)c2c1. The molecule has 0 atom stereocenters. The van der Waals surface area contributed by atoms with Crippen molar-refractivity contribution >= 4 is 22.5 Å². The Morgan fingerprint density at radius 3 is 2.76 bits per heavy atom. The monoisotopic (exact) mass is 298 g/mol. The maximum Gasteiger partial charge on any atom is 0.128 e. The van der Waals surface area contributed by atoms with Gasteiger partial charge in [-0.15, -0.1) is 0 Å². The van der Waals surface area contributed by atoms with Crippen molar-refractivity contribution in [3.05, 3.63) is 70.1 Å². The Hall–Kier alpha value is -2.31. The van der Waals surface area contributed by atoms with Crippen LogP contribution in [0.4, 0.5) is 4.39 Å². The van der Waals surface area contributed by atoms with Gasteiger partial charge in [0.25, 0.3) is 0 Å². The number of aryl methyl sites for hydroxylation is 1. The molecule has 0 aliphatic heterocycles. The summed E-state index contributed by atoms with van der Waals surface area (Å²) in [5, 5.41) is 10.5. The molecule has 0 aliphatic rings. The van der Waals surface area contributed by atoms with Crippen molar-refractivity contribution in [2.45, 2.75) is 13.5 Å². The number of hydrogen-bond donors (Lipinski definition) is 0. The first kappa shape index (κ1) is 13.7. The molecule has 3 rings (SSSR count). The zero-order valence-electron chi connectivity index (χ0n) is 11.4. The van der Waals surface area contributed by atoms with Gasteiger partial charge < -0.3 is 4.57 Å². The van der Waals surface area contributed by atoms with Crippen molar-refractivity contribution in [3.8, 4) is 6.07 Å². The second kappa shape index (κ2) is 5.23. The van der Waals surface area contributed by atoms with Crippen LogP contribution in [0.3, 0.4) is 0 Å². The molecule has 0 amide bonds. The lowest BCUT2D eigenvalue weighted by atomic mass is 10.1. The molecule has 104 valence electrons. The third kappa shape index (κ3) is 2.39. The van der Waals surface area contributed by atoms with Crippen molar-refractivity contribution in [1.29, 1.82) is 5.26 Å². The molecule has 0 saturated carbocycles. The molecule has 3 aromatic rings. The Balaban J connectivity index is 2.20. The van der Waals surface area contributed by atoms with E-state index < -0.39 is 0 Å². The molecule has 0 N–H and O–H groups in total. The minimum atomic E-state index is -0.281. The van der Waals surface area contributed by atoms with E-state index in [1.54, 1.807) is 6.07 Å². The van der Waals surface area contributed by atoms with E-state index in [1.807, 2.05) is 35.8 Å². The first-order valence-corrected chi connectivity index (χ1v) is 6.91. The maximum absolute atomic E-state index is 13.3. The number of nitrogens with zero attached hydrogens (tertiary/aromatic N) is 2. The van der Waals surface area contributed by atoms with Gasteiger partial charge in [-0.05, 0) is 36.2 Å². The summed E-state index contributed by atoms with van der Waals surface area (Å²) in [4.78, 5) is 0. The van der Waals surface area contributed by atoms with E-state index in [-0.39, 0.29) is 5.82 Å². The zero-order chi connectivity index (χ0) is 15.0. The van der Waals surface area contributed by atoms with Gasteiger partial charge in [0.2, 0.25) is 0 Å². The zero-order valence-corrected chi connectivity index (χ0v) is 12.2. The molecule has 0 radical (unpaired) electrons. The van der Waals surface area contributed by atoms with Crippen LogP contribution in [0.5, 0.6) is 0 Å². The maximum atomic E-state index is 13.3. The summed E-state index contributed by atoms with van der Waals surface area (Å²) < 4.78 is 15.2. The lowest BCUT2D eigenvalue weighted by molar-refractivity contribution is 0.624. The van der Waals surface area contributed by atoms with Gasteiger partial charge in [0, 0.05) is 11.9 Å². The number of hydrogen-bond acceptors (Lipinski definition) is 1. The minimum absolute atomic E-state index is 0.281. The van der Waals surface area contributed by atoms with Crippen LogP contribution in [0.25, 0.3) is 10.9 Å². The van der Waals surface area contributed by atoms with Crippen molar-refractivity contribution in [1.82, 2.24) is 4.57 Å². The number of benzene rings is 2. The van der Waals surface area contributed by atoms with Crippen LogP contribution >= 0.6 is 11.6 Å². The number of nitriles is 1. The van der Waals surface area contributed by atoms with Gasteiger partial charge in [0.05, 0.1) is 11.1 Å². The normalized spacial score (nSPS) is 10.8. The summed E-state index contributed by atoms with van der Waals surface area (Å²) in [6.07, 6.45) is 0. The number of halogens is 2. The van der Waals surface area contributed by atoms with Gasteiger partial charge in [0.15, 0.2) is 0 Å².